The fraction of sp³-hybridized carbons (Fsp3) is 0.667. The van der Waals surface area contributed by atoms with Gasteiger partial charge in [0, 0.05) is 24.6 Å². The van der Waals surface area contributed by atoms with Gasteiger partial charge in [-0.2, -0.15) is 0 Å². The van der Waals surface area contributed by atoms with Crippen LogP contribution in [0.2, 0.25) is 0 Å². The Morgan fingerprint density at radius 1 is 1.62 bits per heavy atom. The van der Waals surface area contributed by atoms with Crippen molar-refractivity contribution < 1.29 is 4.74 Å². The molecule has 0 spiro atoms. The van der Waals surface area contributed by atoms with Crippen molar-refractivity contribution in [1.82, 2.24) is 4.90 Å². The van der Waals surface area contributed by atoms with Gasteiger partial charge in [0.05, 0.1) is 12.1 Å². The summed E-state index contributed by atoms with van der Waals surface area (Å²) in [5, 5.41) is 2.12. The lowest BCUT2D eigenvalue weighted by Gasteiger charge is -2.43. The molecule has 0 bridgehead atoms. The number of likely N-dealkylation sites (N-methyl/N-ethyl adjacent to an activating group) is 1. The Morgan fingerprint density at radius 2 is 2.50 bits per heavy atom. The highest BCUT2D eigenvalue weighted by Crippen LogP contribution is 2.26. The zero-order valence-electron chi connectivity index (χ0n) is 9.82. The van der Waals surface area contributed by atoms with Crippen molar-refractivity contribution >= 4 is 11.3 Å². The van der Waals surface area contributed by atoms with Crippen LogP contribution in [-0.4, -0.2) is 37.2 Å². The highest BCUT2D eigenvalue weighted by atomic mass is 32.1. The first-order chi connectivity index (χ1) is 7.77. The largest absolute Gasteiger partial charge is 0.379 e. The molecule has 3 nitrogen and oxygen atoms in total. The number of ether oxygens (including phenoxy) is 1. The Balaban J connectivity index is 2.02. The van der Waals surface area contributed by atoms with E-state index in [0.29, 0.717) is 6.54 Å². The molecule has 1 fully saturated rings. The maximum absolute atomic E-state index is 5.95. The van der Waals surface area contributed by atoms with Crippen molar-refractivity contribution in [2.75, 3.05) is 26.8 Å². The van der Waals surface area contributed by atoms with Gasteiger partial charge in [0.2, 0.25) is 0 Å². The third-order valence-electron chi connectivity index (χ3n) is 3.46. The van der Waals surface area contributed by atoms with Gasteiger partial charge in [0.1, 0.15) is 0 Å². The van der Waals surface area contributed by atoms with Crippen LogP contribution in [0.5, 0.6) is 0 Å². The summed E-state index contributed by atoms with van der Waals surface area (Å²) in [6, 6.07) is 4.27. The van der Waals surface area contributed by atoms with Crippen molar-refractivity contribution in [3.8, 4) is 0 Å². The molecule has 1 unspecified atom stereocenters. The summed E-state index contributed by atoms with van der Waals surface area (Å²) in [6.45, 7) is 3.30. The van der Waals surface area contributed by atoms with Gasteiger partial charge in [0.25, 0.3) is 0 Å². The number of hydrogen-bond donors (Lipinski definition) is 1. The van der Waals surface area contributed by atoms with Crippen molar-refractivity contribution in [3.63, 3.8) is 0 Å². The predicted molar refractivity (Wildman–Crippen MR) is 67.6 cm³/mol. The van der Waals surface area contributed by atoms with Crippen molar-refractivity contribution in [2.45, 2.75) is 24.9 Å². The number of thiophene rings is 1. The summed E-state index contributed by atoms with van der Waals surface area (Å²) in [6.07, 6.45) is 2.26. The van der Waals surface area contributed by atoms with Crippen LogP contribution in [0, 0.1) is 0 Å². The fourth-order valence-electron chi connectivity index (χ4n) is 2.26. The number of nitrogens with two attached hydrogens (primary N) is 1. The van der Waals surface area contributed by atoms with E-state index in [0.717, 1.165) is 32.6 Å². The van der Waals surface area contributed by atoms with Crippen LogP contribution in [0.25, 0.3) is 0 Å². The second kappa shape index (κ2) is 5.27. The molecule has 0 radical (unpaired) electrons. The Hall–Kier alpha value is -0.420. The summed E-state index contributed by atoms with van der Waals surface area (Å²) >= 11 is 1.80. The molecule has 1 aliphatic heterocycles. The van der Waals surface area contributed by atoms with Crippen LogP contribution in [0.4, 0.5) is 0 Å². The van der Waals surface area contributed by atoms with E-state index in [2.05, 4.69) is 29.5 Å². The normalized spacial score (nSPS) is 26.2. The summed E-state index contributed by atoms with van der Waals surface area (Å²) in [5.41, 5.74) is 5.99. The Kier molecular flexibility index (Phi) is 3.97. The predicted octanol–water partition coefficient (Wildman–Crippen LogP) is 1.69. The Bertz CT molecular complexity index is 307. The molecule has 2 heterocycles. The van der Waals surface area contributed by atoms with Crippen molar-refractivity contribution in [3.05, 3.63) is 22.4 Å². The summed E-state index contributed by atoms with van der Waals surface area (Å²) in [4.78, 5) is 3.75. The quantitative estimate of drug-likeness (QED) is 0.870. The van der Waals surface area contributed by atoms with E-state index in [9.17, 15) is 0 Å². The first-order valence-electron chi connectivity index (χ1n) is 5.78. The number of rotatable bonds is 4. The number of nitrogens with zero attached hydrogens (tertiary/aromatic N) is 1. The standard InChI is InChI=1S/C12H20N2OS/c1-14(8-11-4-2-7-16-11)12(9-13)5-3-6-15-10-12/h2,4,7H,3,5-6,8-10,13H2,1H3. The summed E-state index contributed by atoms with van der Waals surface area (Å²) in [5.74, 6) is 0. The van der Waals surface area contributed by atoms with Gasteiger partial charge >= 0.3 is 0 Å². The lowest BCUT2D eigenvalue weighted by Crippen LogP contribution is -2.56. The van der Waals surface area contributed by atoms with E-state index in [1.807, 2.05) is 0 Å². The minimum absolute atomic E-state index is 0.0439. The molecule has 2 N–H and O–H groups in total. The molecule has 2 rings (SSSR count). The lowest BCUT2D eigenvalue weighted by atomic mass is 9.91. The third-order valence-corrected chi connectivity index (χ3v) is 4.33. The van der Waals surface area contributed by atoms with E-state index in [1.54, 1.807) is 11.3 Å². The van der Waals surface area contributed by atoms with Gasteiger partial charge in [-0.05, 0) is 31.3 Å². The zero-order chi connectivity index (χ0) is 11.4. The molecule has 1 saturated heterocycles. The van der Waals surface area contributed by atoms with Crippen LogP contribution < -0.4 is 5.73 Å². The van der Waals surface area contributed by atoms with Crippen LogP contribution >= 0.6 is 11.3 Å². The summed E-state index contributed by atoms with van der Waals surface area (Å²) < 4.78 is 5.60. The van der Waals surface area contributed by atoms with Gasteiger partial charge in [-0.3, -0.25) is 4.90 Å². The van der Waals surface area contributed by atoms with Crippen LogP contribution in [0.3, 0.4) is 0 Å². The van der Waals surface area contributed by atoms with Crippen molar-refractivity contribution in [2.24, 2.45) is 5.73 Å². The second-order valence-corrected chi connectivity index (χ2v) is 5.55. The molecule has 0 aromatic carbocycles. The van der Waals surface area contributed by atoms with E-state index < -0.39 is 0 Å². The molecule has 90 valence electrons. The molecule has 1 atom stereocenters. The number of hydrogen-bond acceptors (Lipinski definition) is 4. The van der Waals surface area contributed by atoms with Gasteiger partial charge in [-0.25, -0.2) is 0 Å². The zero-order valence-corrected chi connectivity index (χ0v) is 10.6. The molecular formula is C12H20N2OS. The van der Waals surface area contributed by atoms with E-state index >= 15 is 0 Å². The third kappa shape index (κ3) is 2.46. The average Bonchev–Trinajstić information content (AvgIpc) is 2.82. The molecule has 1 aliphatic rings. The molecule has 16 heavy (non-hydrogen) atoms. The van der Waals surface area contributed by atoms with E-state index in [1.165, 1.54) is 4.88 Å². The van der Waals surface area contributed by atoms with E-state index in [4.69, 9.17) is 10.5 Å². The van der Waals surface area contributed by atoms with Crippen LogP contribution in [0.15, 0.2) is 17.5 Å². The van der Waals surface area contributed by atoms with Gasteiger partial charge < -0.3 is 10.5 Å². The maximum atomic E-state index is 5.95. The SMILES string of the molecule is CN(Cc1cccs1)C1(CN)CCCOC1. The molecule has 0 saturated carbocycles. The monoisotopic (exact) mass is 240 g/mol. The molecule has 0 amide bonds. The van der Waals surface area contributed by atoms with E-state index in [-0.39, 0.29) is 5.54 Å². The van der Waals surface area contributed by atoms with Crippen LogP contribution in [-0.2, 0) is 11.3 Å². The van der Waals surface area contributed by atoms with Crippen LogP contribution in [0.1, 0.15) is 17.7 Å². The Labute approximate surface area is 101 Å². The highest BCUT2D eigenvalue weighted by molar-refractivity contribution is 7.09. The summed E-state index contributed by atoms with van der Waals surface area (Å²) in [7, 11) is 2.15. The topological polar surface area (TPSA) is 38.5 Å². The molecule has 1 aromatic heterocycles. The molecule has 0 aliphatic carbocycles. The minimum atomic E-state index is 0.0439. The fourth-order valence-corrected chi connectivity index (χ4v) is 3.02. The molecule has 1 aromatic rings. The minimum Gasteiger partial charge on any atom is -0.379 e. The smallest absolute Gasteiger partial charge is 0.0662 e. The van der Waals surface area contributed by atoms with Crippen molar-refractivity contribution in [1.29, 1.82) is 0 Å². The lowest BCUT2D eigenvalue weighted by molar-refractivity contribution is -0.0371. The maximum Gasteiger partial charge on any atom is 0.0662 e. The first-order valence-corrected chi connectivity index (χ1v) is 6.66. The average molecular weight is 240 g/mol. The highest BCUT2D eigenvalue weighted by Gasteiger charge is 2.35. The molecular weight excluding hydrogens is 220 g/mol. The Morgan fingerprint density at radius 3 is 3.06 bits per heavy atom. The second-order valence-electron chi connectivity index (χ2n) is 4.52. The van der Waals surface area contributed by atoms with Gasteiger partial charge in [-0.1, -0.05) is 6.07 Å². The van der Waals surface area contributed by atoms with Gasteiger partial charge in [0.15, 0.2) is 0 Å². The first kappa shape index (κ1) is 12.0. The van der Waals surface area contributed by atoms with Gasteiger partial charge in [-0.15, -0.1) is 11.3 Å². The molecule has 4 heteroatoms.